The van der Waals surface area contributed by atoms with Gasteiger partial charge in [0, 0.05) is 19.2 Å². The fourth-order valence-corrected chi connectivity index (χ4v) is 1.32. The Morgan fingerprint density at radius 2 is 1.93 bits per heavy atom. The largest absolute Gasteiger partial charge is 0.360 e. The molecule has 0 atom stereocenters. The van der Waals surface area contributed by atoms with Gasteiger partial charge in [-0.05, 0) is 6.42 Å². The van der Waals surface area contributed by atoms with E-state index in [-0.39, 0.29) is 0 Å². The van der Waals surface area contributed by atoms with Crippen molar-refractivity contribution in [3.05, 3.63) is 35.9 Å². The summed E-state index contributed by atoms with van der Waals surface area (Å²) in [5, 5.41) is 7.94. The summed E-state index contributed by atoms with van der Waals surface area (Å²) in [5.41, 5.74) is 0.992. The standard InChI is InChI=1S/C12H18N2/c1-3-4-10-14(2)12(13)11-8-6-5-7-9-11/h5-9,13H,3-4,10H2,1-2H3. The first-order chi connectivity index (χ1) is 6.75. The van der Waals surface area contributed by atoms with Gasteiger partial charge in [-0.25, -0.2) is 0 Å². The summed E-state index contributed by atoms with van der Waals surface area (Å²) >= 11 is 0. The van der Waals surface area contributed by atoms with Gasteiger partial charge in [0.2, 0.25) is 0 Å². The Bertz CT molecular complexity index is 280. The molecule has 0 fully saturated rings. The molecule has 1 aromatic carbocycles. The van der Waals surface area contributed by atoms with Gasteiger partial charge in [0.25, 0.3) is 0 Å². The molecule has 0 amide bonds. The lowest BCUT2D eigenvalue weighted by atomic mass is 10.2. The van der Waals surface area contributed by atoms with E-state index < -0.39 is 0 Å². The van der Waals surface area contributed by atoms with Crippen LogP contribution in [0, 0.1) is 5.41 Å². The van der Waals surface area contributed by atoms with Crippen LogP contribution >= 0.6 is 0 Å². The number of hydrogen-bond acceptors (Lipinski definition) is 1. The molecule has 76 valence electrons. The Balaban J connectivity index is 2.57. The predicted molar refractivity (Wildman–Crippen MR) is 60.8 cm³/mol. The van der Waals surface area contributed by atoms with Gasteiger partial charge < -0.3 is 4.90 Å². The van der Waals surface area contributed by atoms with Crippen molar-refractivity contribution < 1.29 is 0 Å². The van der Waals surface area contributed by atoms with Crippen LogP contribution in [0.2, 0.25) is 0 Å². The molecule has 0 saturated heterocycles. The molecular formula is C12H18N2. The fraction of sp³-hybridized carbons (Fsp3) is 0.417. The van der Waals surface area contributed by atoms with E-state index in [1.165, 1.54) is 6.42 Å². The molecule has 1 rings (SSSR count). The highest BCUT2D eigenvalue weighted by atomic mass is 15.1. The van der Waals surface area contributed by atoms with Gasteiger partial charge in [0.1, 0.15) is 5.84 Å². The highest BCUT2D eigenvalue weighted by Gasteiger charge is 2.05. The SMILES string of the molecule is CCCCN(C)C(=N)c1ccccc1. The van der Waals surface area contributed by atoms with E-state index in [2.05, 4.69) is 6.92 Å². The van der Waals surface area contributed by atoms with Crippen molar-refractivity contribution in [2.45, 2.75) is 19.8 Å². The normalized spacial score (nSPS) is 9.86. The van der Waals surface area contributed by atoms with Gasteiger partial charge >= 0.3 is 0 Å². The Hall–Kier alpha value is -1.31. The Morgan fingerprint density at radius 3 is 2.50 bits per heavy atom. The maximum absolute atomic E-state index is 7.94. The number of nitrogens with one attached hydrogen (secondary N) is 1. The summed E-state index contributed by atoms with van der Waals surface area (Å²) in [6.45, 7) is 3.13. The molecule has 0 aliphatic carbocycles. The third-order valence-corrected chi connectivity index (χ3v) is 2.28. The molecule has 0 bridgehead atoms. The molecular weight excluding hydrogens is 172 g/mol. The minimum Gasteiger partial charge on any atom is -0.360 e. The van der Waals surface area contributed by atoms with Crippen LogP contribution in [0.15, 0.2) is 30.3 Å². The van der Waals surface area contributed by atoms with Crippen LogP contribution in [0.3, 0.4) is 0 Å². The van der Waals surface area contributed by atoms with E-state index in [1.54, 1.807) is 0 Å². The Kier molecular flexibility index (Phi) is 4.17. The number of rotatable bonds is 4. The average molecular weight is 190 g/mol. The van der Waals surface area contributed by atoms with E-state index >= 15 is 0 Å². The summed E-state index contributed by atoms with van der Waals surface area (Å²) in [6.07, 6.45) is 2.32. The Morgan fingerprint density at radius 1 is 1.29 bits per heavy atom. The third kappa shape index (κ3) is 2.87. The number of hydrogen-bond donors (Lipinski definition) is 1. The van der Waals surface area contributed by atoms with Crippen LogP contribution in [-0.4, -0.2) is 24.3 Å². The smallest absolute Gasteiger partial charge is 0.127 e. The molecule has 14 heavy (non-hydrogen) atoms. The molecule has 2 heteroatoms. The molecule has 0 aliphatic heterocycles. The highest BCUT2D eigenvalue weighted by Crippen LogP contribution is 2.03. The zero-order valence-electron chi connectivity index (χ0n) is 8.96. The topological polar surface area (TPSA) is 27.1 Å². The molecule has 0 aromatic heterocycles. The summed E-state index contributed by atoms with van der Waals surface area (Å²) < 4.78 is 0. The van der Waals surface area contributed by atoms with Crippen LogP contribution in [0.25, 0.3) is 0 Å². The van der Waals surface area contributed by atoms with Crippen LogP contribution < -0.4 is 0 Å². The van der Waals surface area contributed by atoms with Crippen LogP contribution in [0.1, 0.15) is 25.3 Å². The maximum atomic E-state index is 7.94. The first kappa shape index (κ1) is 10.8. The second kappa shape index (κ2) is 5.43. The lowest BCUT2D eigenvalue weighted by Gasteiger charge is -2.19. The molecule has 0 aliphatic rings. The number of amidine groups is 1. The first-order valence-electron chi connectivity index (χ1n) is 5.10. The lowest BCUT2D eigenvalue weighted by molar-refractivity contribution is 0.482. The molecule has 2 nitrogen and oxygen atoms in total. The van der Waals surface area contributed by atoms with E-state index in [4.69, 9.17) is 5.41 Å². The monoisotopic (exact) mass is 190 g/mol. The van der Waals surface area contributed by atoms with Gasteiger partial charge in [0.15, 0.2) is 0 Å². The second-order valence-electron chi connectivity index (χ2n) is 3.49. The van der Waals surface area contributed by atoms with Crippen LogP contribution in [0.4, 0.5) is 0 Å². The zero-order chi connectivity index (χ0) is 10.4. The number of unbranched alkanes of at least 4 members (excludes halogenated alkanes) is 1. The molecule has 0 heterocycles. The zero-order valence-corrected chi connectivity index (χ0v) is 8.96. The van der Waals surface area contributed by atoms with Gasteiger partial charge in [-0.15, -0.1) is 0 Å². The van der Waals surface area contributed by atoms with Crippen LogP contribution in [0.5, 0.6) is 0 Å². The van der Waals surface area contributed by atoms with Gasteiger partial charge in [-0.2, -0.15) is 0 Å². The predicted octanol–water partition coefficient (Wildman–Crippen LogP) is 2.74. The molecule has 0 unspecified atom stereocenters. The van der Waals surface area contributed by atoms with E-state index in [0.717, 1.165) is 18.5 Å². The van der Waals surface area contributed by atoms with Gasteiger partial charge in [0.05, 0.1) is 0 Å². The highest BCUT2D eigenvalue weighted by molar-refractivity contribution is 5.96. The van der Waals surface area contributed by atoms with E-state index in [1.807, 2.05) is 42.3 Å². The second-order valence-corrected chi connectivity index (χ2v) is 3.49. The van der Waals surface area contributed by atoms with E-state index in [0.29, 0.717) is 5.84 Å². The maximum Gasteiger partial charge on any atom is 0.127 e. The van der Waals surface area contributed by atoms with E-state index in [9.17, 15) is 0 Å². The van der Waals surface area contributed by atoms with Crippen molar-refractivity contribution in [1.82, 2.24) is 4.90 Å². The number of benzene rings is 1. The summed E-state index contributed by atoms with van der Waals surface area (Å²) in [6, 6.07) is 9.87. The van der Waals surface area contributed by atoms with Crippen molar-refractivity contribution >= 4 is 5.84 Å². The summed E-state index contributed by atoms with van der Waals surface area (Å²) in [5.74, 6) is 0.610. The average Bonchev–Trinajstić information content (AvgIpc) is 2.26. The van der Waals surface area contributed by atoms with Crippen molar-refractivity contribution in [2.24, 2.45) is 0 Å². The number of nitrogens with zero attached hydrogens (tertiary/aromatic N) is 1. The molecule has 1 N–H and O–H groups in total. The molecule has 0 saturated carbocycles. The van der Waals surface area contributed by atoms with Crippen molar-refractivity contribution in [2.75, 3.05) is 13.6 Å². The van der Waals surface area contributed by atoms with Crippen LogP contribution in [-0.2, 0) is 0 Å². The quantitative estimate of drug-likeness (QED) is 0.573. The fourth-order valence-electron chi connectivity index (χ4n) is 1.32. The van der Waals surface area contributed by atoms with Crippen molar-refractivity contribution in [3.63, 3.8) is 0 Å². The minimum absolute atomic E-state index is 0.610. The van der Waals surface area contributed by atoms with Gasteiger partial charge in [-0.1, -0.05) is 43.7 Å². The van der Waals surface area contributed by atoms with Crippen molar-refractivity contribution in [1.29, 1.82) is 5.41 Å². The molecule has 0 spiro atoms. The first-order valence-corrected chi connectivity index (χ1v) is 5.10. The Labute approximate surface area is 86.1 Å². The molecule has 1 aromatic rings. The third-order valence-electron chi connectivity index (χ3n) is 2.28. The van der Waals surface area contributed by atoms with Crippen molar-refractivity contribution in [3.8, 4) is 0 Å². The lowest BCUT2D eigenvalue weighted by Crippen LogP contribution is -2.27. The summed E-state index contributed by atoms with van der Waals surface area (Å²) in [7, 11) is 1.98. The minimum atomic E-state index is 0.610. The van der Waals surface area contributed by atoms with Gasteiger partial charge in [-0.3, -0.25) is 5.41 Å². The summed E-state index contributed by atoms with van der Waals surface area (Å²) in [4.78, 5) is 2.00. The molecule has 0 radical (unpaired) electrons.